The van der Waals surface area contributed by atoms with Gasteiger partial charge in [0, 0.05) is 17.2 Å². The molecule has 0 unspecified atom stereocenters. The van der Waals surface area contributed by atoms with Crippen LogP contribution >= 0.6 is 11.6 Å². The molecule has 0 spiro atoms. The normalized spacial score (nSPS) is 14.1. The van der Waals surface area contributed by atoms with Crippen LogP contribution in [0.15, 0.2) is 54.6 Å². The highest BCUT2D eigenvalue weighted by molar-refractivity contribution is 6.34. The van der Waals surface area contributed by atoms with Crippen LogP contribution in [0.1, 0.15) is 11.1 Å². The first kappa shape index (κ1) is 14.8. The number of hydrogen-bond donors (Lipinski definition) is 2. The van der Waals surface area contributed by atoms with Gasteiger partial charge in [-0.15, -0.1) is 0 Å². The average Bonchev–Trinajstić information content (AvgIpc) is 2.86. The predicted molar refractivity (Wildman–Crippen MR) is 88.9 cm³/mol. The van der Waals surface area contributed by atoms with E-state index >= 15 is 0 Å². The molecule has 2 N–H and O–H groups in total. The van der Waals surface area contributed by atoms with Crippen molar-refractivity contribution in [3.63, 3.8) is 0 Å². The largest absolute Gasteiger partial charge is 0.340 e. The number of amides is 1. The lowest BCUT2D eigenvalue weighted by atomic mass is 10.1. The molecule has 1 heterocycles. The lowest BCUT2D eigenvalue weighted by molar-refractivity contribution is -0.113. The molecule has 0 radical (unpaired) electrons. The Balaban J connectivity index is 1.97. The molecule has 1 aliphatic rings. The van der Waals surface area contributed by atoms with Crippen molar-refractivity contribution in [1.82, 2.24) is 5.32 Å². The summed E-state index contributed by atoms with van der Waals surface area (Å²) in [5.74, 6) is -0.312. The number of halogens is 1. The standard InChI is InChI=1S/C17H11ClN4O/c18-13-7-3-4-8-15(13)22(10-19)16(23)9-14-11-5-1-2-6-12(11)17(20)21-14/h1-9H,(H2,20,21). The van der Waals surface area contributed by atoms with Crippen LogP contribution in [0.5, 0.6) is 0 Å². The van der Waals surface area contributed by atoms with E-state index in [1.807, 2.05) is 24.4 Å². The molecular weight excluding hydrogens is 312 g/mol. The first-order valence-corrected chi connectivity index (χ1v) is 7.15. The van der Waals surface area contributed by atoms with E-state index in [0.29, 0.717) is 22.0 Å². The summed E-state index contributed by atoms with van der Waals surface area (Å²) in [6.45, 7) is 0. The first-order valence-electron chi connectivity index (χ1n) is 6.77. The Kier molecular flexibility index (Phi) is 3.83. The van der Waals surface area contributed by atoms with E-state index in [2.05, 4.69) is 5.32 Å². The highest BCUT2D eigenvalue weighted by Crippen LogP contribution is 2.27. The van der Waals surface area contributed by atoms with Gasteiger partial charge in [-0.2, -0.15) is 5.26 Å². The van der Waals surface area contributed by atoms with Crippen LogP contribution in [-0.2, 0) is 4.79 Å². The van der Waals surface area contributed by atoms with Crippen LogP contribution in [-0.4, -0.2) is 11.7 Å². The van der Waals surface area contributed by atoms with Crippen LogP contribution in [0.3, 0.4) is 0 Å². The topological polar surface area (TPSA) is 80.0 Å². The molecule has 2 aromatic carbocycles. The highest BCUT2D eigenvalue weighted by atomic mass is 35.5. The molecule has 2 aromatic rings. The molecule has 3 rings (SSSR count). The van der Waals surface area contributed by atoms with Crippen molar-refractivity contribution >= 4 is 34.7 Å². The Labute approximate surface area is 137 Å². The summed E-state index contributed by atoms with van der Waals surface area (Å²) in [7, 11) is 0. The summed E-state index contributed by atoms with van der Waals surface area (Å²) >= 11 is 6.05. The number of carbonyl (C=O) groups is 1. The Bertz CT molecular complexity index is 882. The number of amidine groups is 1. The monoisotopic (exact) mass is 322 g/mol. The summed E-state index contributed by atoms with van der Waals surface area (Å²) in [5, 5.41) is 20.4. The van der Waals surface area contributed by atoms with Gasteiger partial charge < -0.3 is 5.32 Å². The van der Waals surface area contributed by atoms with E-state index in [9.17, 15) is 10.1 Å². The molecular formula is C17H11ClN4O. The highest BCUT2D eigenvalue weighted by Gasteiger charge is 2.23. The van der Waals surface area contributed by atoms with E-state index in [-0.39, 0.29) is 5.84 Å². The third-order valence-corrected chi connectivity index (χ3v) is 3.75. The van der Waals surface area contributed by atoms with Gasteiger partial charge in [-0.3, -0.25) is 10.2 Å². The van der Waals surface area contributed by atoms with Crippen LogP contribution in [0.2, 0.25) is 5.02 Å². The zero-order chi connectivity index (χ0) is 16.4. The Morgan fingerprint density at radius 1 is 1.17 bits per heavy atom. The van der Waals surface area contributed by atoms with Crippen molar-refractivity contribution in [2.75, 3.05) is 4.90 Å². The lowest BCUT2D eigenvalue weighted by Crippen LogP contribution is -2.25. The van der Waals surface area contributed by atoms with Gasteiger partial charge >= 0.3 is 0 Å². The van der Waals surface area contributed by atoms with Crippen LogP contribution in [0, 0.1) is 16.9 Å². The Morgan fingerprint density at radius 3 is 2.52 bits per heavy atom. The number of nitriles is 1. The fraction of sp³-hybridized carbons (Fsp3) is 0. The average molecular weight is 323 g/mol. The maximum atomic E-state index is 12.5. The quantitative estimate of drug-likeness (QED) is 0.506. The Morgan fingerprint density at radius 2 is 1.83 bits per heavy atom. The van der Waals surface area contributed by atoms with Crippen molar-refractivity contribution in [3.8, 4) is 6.19 Å². The molecule has 0 atom stereocenters. The SMILES string of the molecule is N#CN(C(=O)C=C1NC(=N)c2ccccc21)c1ccccc1Cl. The minimum atomic E-state index is -0.535. The van der Waals surface area contributed by atoms with Crippen molar-refractivity contribution < 1.29 is 4.79 Å². The zero-order valence-electron chi connectivity index (χ0n) is 11.9. The maximum Gasteiger partial charge on any atom is 0.266 e. The summed E-state index contributed by atoms with van der Waals surface area (Å²) < 4.78 is 0. The number of nitrogens with one attached hydrogen (secondary N) is 2. The van der Waals surface area contributed by atoms with Crippen LogP contribution in [0.4, 0.5) is 5.69 Å². The molecule has 6 heteroatoms. The number of hydrogen-bond acceptors (Lipinski definition) is 3. The summed E-state index contributed by atoms with van der Waals surface area (Å²) in [6, 6.07) is 13.9. The van der Waals surface area contributed by atoms with Gasteiger partial charge in [-0.25, -0.2) is 4.90 Å². The molecule has 0 aromatic heterocycles. The molecule has 5 nitrogen and oxygen atoms in total. The number of rotatable bonds is 2. The number of benzene rings is 2. The third-order valence-electron chi connectivity index (χ3n) is 3.43. The van der Waals surface area contributed by atoms with Gasteiger partial charge in [0.2, 0.25) is 0 Å². The molecule has 0 aliphatic carbocycles. The second-order valence-electron chi connectivity index (χ2n) is 4.83. The molecule has 112 valence electrons. The number of para-hydroxylation sites is 1. The number of fused-ring (bicyclic) bond motifs is 1. The molecule has 0 saturated carbocycles. The summed E-state index contributed by atoms with van der Waals surface area (Å²) in [5.41, 5.74) is 2.28. The van der Waals surface area contributed by atoms with E-state index < -0.39 is 5.91 Å². The zero-order valence-corrected chi connectivity index (χ0v) is 12.6. The minimum Gasteiger partial charge on any atom is -0.340 e. The van der Waals surface area contributed by atoms with E-state index in [1.165, 1.54) is 6.08 Å². The molecule has 0 bridgehead atoms. The first-order chi connectivity index (χ1) is 11.1. The van der Waals surface area contributed by atoms with Crippen LogP contribution in [0.25, 0.3) is 5.70 Å². The van der Waals surface area contributed by atoms with E-state index in [0.717, 1.165) is 10.5 Å². The van der Waals surface area contributed by atoms with Crippen molar-refractivity contribution in [2.45, 2.75) is 0 Å². The lowest BCUT2D eigenvalue weighted by Gasteiger charge is -2.13. The molecule has 0 fully saturated rings. The van der Waals surface area contributed by atoms with Gasteiger partial charge in [0.05, 0.1) is 16.4 Å². The van der Waals surface area contributed by atoms with Crippen molar-refractivity contribution in [2.24, 2.45) is 0 Å². The van der Waals surface area contributed by atoms with Gasteiger partial charge in [-0.05, 0) is 12.1 Å². The van der Waals surface area contributed by atoms with E-state index in [1.54, 1.807) is 30.3 Å². The van der Waals surface area contributed by atoms with Crippen molar-refractivity contribution in [1.29, 1.82) is 10.7 Å². The Hall–Kier alpha value is -3.10. The second-order valence-corrected chi connectivity index (χ2v) is 5.24. The van der Waals surface area contributed by atoms with E-state index in [4.69, 9.17) is 17.0 Å². The fourth-order valence-corrected chi connectivity index (χ4v) is 2.58. The number of carbonyl (C=O) groups excluding carboxylic acids is 1. The molecule has 1 aliphatic heterocycles. The van der Waals surface area contributed by atoms with Crippen molar-refractivity contribution in [3.05, 3.63) is 70.8 Å². The smallest absolute Gasteiger partial charge is 0.266 e. The number of anilines is 1. The van der Waals surface area contributed by atoms with Gasteiger partial charge in [-0.1, -0.05) is 48.0 Å². The minimum absolute atomic E-state index is 0.223. The fourth-order valence-electron chi connectivity index (χ4n) is 2.36. The predicted octanol–water partition coefficient (Wildman–Crippen LogP) is 3.12. The maximum absolute atomic E-state index is 12.5. The third kappa shape index (κ3) is 2.68. The van der Waals surface area contributed by atoms with Crippen LogP contribution < -0.4 is 10.2 Å². The molecule has 0 saturated heterocycles. The van der Waals surface area contributed by atoms with Gasteiger partial charge in [0.25, 0.3) is 5.91 Å². The summed E-state index contributed by atoms with van der Waals surface area (Å²) in [4.78, 5) is 13.4. The molecule has 23 heavy (non-hydrogen) atoms. The molecule has 1 amide bonds. The van der Waals surface area contributed by atoms with Gasteiger partial charge in [0.15, 0.2) is 6.19 Å². The van der Waals surface area contributed by atoms with Gasteiger partial charge in [0.1, 0.15) is 5.84 Å². The summed E-state index contributed by atoms with van der Waals surface area (Å²) in [6.07, 6.45) is 3.14. The number of nitrogens with zero attached hydrogens (tertiary/aromatic N) is 2. The second kappa shape index (κ2) is 5.95.